The molecule has 2 N–H and O–H groups in total. The predicted octanol–water partition coefficient (Wildman–Crippen LogP) is 3.31. The number of nitrogens with one attached hydrogen (secondary N) is 2. The van der Waals surface area contributed by atoms with E-state index >= 15 is 0 Å². The Balaban J connectivity index is 1.47. The molecule has 0 aliphatic heterocycles. The van der Waals surface area contributed by atoms with Crippen LogP contribution >= 0.6 is 0 Å². The summed E-state index contributed by atoms with van der Waals surface area (Å²) < 4.78 is 1.96. The molecule has 0 atom stereocenters. The van der Waals surface area contributed by atoms with E-state index < -0.39 is 0 Å². The largest absolute Gasteiger partial charge is 0.357 e. The zero-order valence-corrected chi connectivity index (χ0v) is 17.3. The van der Waals surface area contributed by atoms with Gasteiger partial charge in [0.05, 0.1) is 11.4 Å². The van der Waals surface area contributed by atoms with Crippen LogP contribution in [0, 0.1) is 6.92 Å². The highest BCUT2D eigenvalue weighted by molar-refractivity contribution is 5.79. The molecule has 2 heterocycles. The first-order valence-corrected chi connectivity index (χ1v) is 10.3. The highest BCUT2D eigenvalue weighted by atomic mass is 15.3. The van der Waals surface area contributed by atoms with Gasteiger partial charge in [0.25, 0.3) is 0 Å². The normalized spacial score (nSPS) is 11.4. The SMILES string of the molecule is CCNC(=NCCCc1cn(-c2ccccc2)nc1C)NCCc1ccccn1. The van der Waals surface area contributed by atoms with Crippen LogP contribution in [0.25, 0.3) is 5.69 Å². The minimum atomic E-state index is 0.773. The first kappa shape index (κ1) is 20.6. The number of benzene rings is 1. The lowest BCUT2D eigenvalue weighted by Gasteiger charge is -2.11. The maximum absolute atomic E-state index is 4.70. The van der Waals surface area contributed by atoms with Gasteiger partial charge in [-0.1, -0.05) is 24.3 Å². The molecule has 6 heteroatoms. The quantitative estimate of drug-likeness (QED) is 0.334. The lowest BCUT2D eigenvalue weighted by Crippen LogP contribution is -2.38. The molecule has 0 saturated carbocycles. The average molecular weight is 391 g/mol. The summed E-state index contributed by atoms with van der Waals surface area (Å²) in [5.74, 6) is 0.861. The van der Waals surface area contributed by atoms with Gasteiger partial charge in [-0.25, -0.2) is 4.68 Å². The Morgan fingerprint density at radius 1 is 1.03 bits per heavy atom. The molecule has 0 bridgehead atoms. The first-order valence-electron chi connectivity index (χ1n) is 10.3. The molecule has 2 aromatic heterocycles. The van der Waals surface area contributed by atoms with Gasteiger partial charge in [0.2, 0.25) is 0 Å². The summed E-state index contributed by atoms with van der Waals surface area (Å²) in [5.41, 5.74) is 4.53. The summed E-state index contributed by atoms with van der Waals surface area (Å²) in [6, 6.07) is 16.2. The summed E-state index contributed by atoms with van der Waals surface area (Å²) in [7, 11) is 0. The van der Waals surface area contributed by atoms with Crippen molar-refractivity contribution >= 4 is 5.96 Å². The van der Waals surface area contributed by atoms with Crippen LogP contribution in [-0.2, 0) is 12.8 Å². The van der Waals surface area contributed by atoms with Crippen LogP contribution in [0.2, 0.25) is 0 Å². The van der Waals surface area contributed by atoms with E-state index in [0.29, 0.717) is 0 Å². The molecule has 6 nitrogen and oxygen atoms in total. The average Bonchev–Trinajstić information content (AvgIpc) is 3.13. The predicted molar refractivity (Wildman–Crippen MR) is 119 cm³/mol. The fourth-order valence-electron chi connectivity index (χ4n) is 3.11. The molecule has 3 rings (SSSR count). The van der Waals surface area contributed by atoms with Crippen LogP contribution in [0.1, 0.15) is 30.3 Å². The van der Waals surface area contributed by atoms with Crippen molar-refractivity contribution < 1.29 is 0 Å². The van der Waals surface area contributed by atoms with Gasteiger partial charge >= 0.3 is 0 Å². The second-order valence-electron chi connectivity index (χ2n) is 6.88. The van der Waals surface area contributed by atoms with E-state index in [-0.39, 0.29) is 0 Å². The van der Waals surface area contributed by atoms with E-state index in [1.165, 1.54) is 5.56 Å². The van der Waals surface area contributed by atoms with Crippen molar-refractivity contribution in [1.29, 1.82) is 0 Å². The Hall–Kier alpha value is -3.15. The van der Waals surface area contributed by atoms with Crippen LogP contribution in [-0.4, -0.2) is 40.4 Å². The Bertz CT molecular complexity index is 886. The molecule has 3 aromatic rings. The van der Waals surface area contributed by atoms with Gasteiger partial charge in [-0.05, 0) is 56.5 Å². The Morgan fingerprint density at radius 2 is 1.86 bits per heavy atom. The van der Waals surface area contributed by atoms with Gasteiger partial charge in [-0.2, -0.15) is 5.10 Å². The third-order valence-corrected chi connectivity index (χ3v) is 4.64. The number of nitrogens with zero attached hydrogens (tertiary/aromatic N) is 4. The maximum atomic E-state index is 4.70. The smallest absolute Gasteiger partial charge is 0.191 e. The van der Waals surface area contributed by atoms with Gasteiger partial charge in [-0.15, -0.1) is 0 Å². The van der Waals surface area contributed by atoms with Gasteiger partial charge in [-0.3, -0.25) is 9.98 Å². The van der Waals surface area contributed by atoms with Crippen LogP contribution in [0.4, 0.5) is 0 Å². The van der Waals surface area contributed by atoms with E-state index in [1.807, 2.05) is 47.3 Å². The van der Waals surface area contributed by atoms with Crippen molar-refractivity contribution in [2.45, 2.75) is 33.1 Å². The summed E-state index contributed by atoms with van der Waals surface area (Å²) in [6.07, 6.45) is 6.79. The minimum Gasteiger partial charge on any atom is -0.357 e. The fourth-order valence-corrected chi connectivity index (χ4v) is 3.11. The van der Waals surface area contributed by atoms with Gasteiger partial charge in [0.1, 0.15) is 0 Å². The molecule has 1 aromatic carbocycles. The number of guanidine groups is 1. The first-order chi connectivity index (χ1) is 14.3. The third kappa shape index (κ3) is 6.45. The number of hydrogen-bond donors (Lipinski definition) is 2. The van der Waals surface area contributed by atoms with Crippen LogP contribution < -0.4 is 10.6 Å². The molecular weight excluding hydrogens is 360 g/mol. The molecule has 0 spiro atoms. The summed E-state index contributed by atoms with van der Waals surface area (Å²) in [5, 5.41) is 11.3. The monoisotopic (exact) mass is 390 g/mol. The van der Waals surface area contributed by atoms with E-state index in [0.717, 1.165) is 61.9 Å². The second-order valence-corrected chi connectivity index (χ2v) is 6.88. The summed E-state index contributed by atoms with van der Waals surface area (Å²) in [6.45, 7) is 6.58. The Kier molecular flexibility index (Phi) is 7.81. The zero-order chi connectivity index (χ0) is 20.3. The third-order valence-electron chi connectivity index (χ3n) is 4.64. The fraction of sp³-hybridized carbons (Fsp3) is 0.348. The Labute approximate surface area is 173 Å². The number of aryl methyl sites for hydroxylation is 2. The van der Waals surface area contributed by atoms with E-state index in [1.54, 1.807) is 0 Å². The molecule has 0 radical (unpaired) electrons. The summed E-state index contributed by atoms with van der Waals surface area (Å²) in [4.78, 5) is 9.06. The highest BCUT2D eigenvalue weighted by Crippen LogP contribution is 2.13. The van der Waals surface area contributed by atoms with E-state index in [4.69, 9.17) is 4.99 Å². The standard InChI is InChI=1S/C23H30N6/c1-3-24-23(27-17-14-21-11-7-8-15-25-21)26-16-9-10-20-18-29(28-19(20)2)22-12-5-4-6-13-22/h4-8,11-13,15,18H,3,9-10,14,16-17H2,1-2H3,(H2,24,26,27). The molecule has 29 heavy (non-hydrogen) atoms. The number of aromatic nitrogens is 3. The Morgan fingerprint density at radius 3 is 2.62 bits per heavy atom. The van der Waals surface area contributed by atoms with Gasteiger partial charge in [0, 0.05) is 44.1 Å². The number of rotatable bonds is 9. The topological polar surface area (TPSA) is 67.1 Å². The molecule has 0 aliphatic rings. The maximum Gasteiger partial charge on any atom is 0.191 e. The van der Waals surface area contributed by atoms with Crippen LogP contribution in [0.15, 0.2) is 65.9 Å². The van der Waals surface area contributed by atoms with Crippen molar-refractivity contribution in [2.24, 2.45) is 4.99 Å². The number of para-hydroxylation sites is 1. The lowest BCUT2D eigenvalue weighted by atomic mass is 10.1. The number of pyridine rings is 1. The molecule has 0 amide bonds. The van der Waals surface area contributed by atoms with Crippen molar-refractivity contribution in [1.82, 2.24) is 25.4 Å². The number of aliphatic imine (C=N–C) groups is 1. The molecule has 0 saturated heterocycles. The van der Waals surface area contributed by atoms with Crippen molar-refractivity contribution in [3.05, 3.63) is 77.9 Å². The van der Waals surface area contributed by atoms with Gasteiger partial charge in [0.15, 0.2) is 5.96 Å². The van der Waals surface area contributed by atoms with Crippen molar-refractivity contribution in [3.8, 4) is 5.69 Å². The highest BCUT2D eigenvalue weighted by Gasteiger charge is 2.06. The van der Waals surface area contributed by atoms with Crippen molar-refractivity contribution in [3.63, 3.8) is 0 Å². The van der Waals surface area contributed by atoms with Crippen LogP contribution in [0.3, 0.4) is 0 Å². The van der Waals surface area contributed by atoms with Gasteiger partial charge < -0.3 is 10.6 Å². The molecular formula is C23H30N6. The number of hydrogen-bond acceptors (Lipinski definition) is 3. The van der Waals surface area contributed by atoms with Crippen molar-refractivity contribution in [2.75, 3.05) is 19.6 Å². The molecule has 0 unspecified atom stereocenters. The minimum absolute atomic E-state index is 0.773. The molecule has 152 valence electrons. The molecule has 0 fully saturated rings. The lowest BCUT2D eigenvalue weighted by molar-refractivity contribution is 0.769. The summed E-state index contributed by atoms with van der Waals surface area (Å²) >= 11 is 0. The van der Waals surface area contributed by atoms with Crippen LogP contribution in [0.5, 0.6) is 0 Å². The molecule has 0 aliphatic carbocycles. The zero-order valence-electron chi connectivity index (χ0n) is 17.3. The van der Waals surface area contributed by atoms with E-state index in [9.17, 15) is 0 Å². The van der Waals surface area contributed by atoms with E-state index in [2.05, 4.69) is 52.9 Å². The second kappa shape index (κ2) is 11.0.